The number of nitrogens with zero attached hydrogens (tertiary/aromatic N) is 1. The van der Waals surface area contributed by atoms with E-state index in [1.165, 1.54) is 119 Å². The van der Waals surface area contributed by atoms with Gasteiger partial charge in [-0.2, -0.15) is 0 Å². The highest BCUT2D eigenvalue weighted by Gasteiger charge is 2.21. The number of benzene rings is 1. The summed E-state index contributed by atoms with van der Waals surface area (Å²) in [5, 5.41) is 0. The van der Waals surface area contributed by atoms with Crippen LogP contribution in [0.2, 0.25) is 0 Å². The van der Waals surface area contributed by atoms with E-state index in [4.69, 9.17) is 4.98 Å². The van der Waals surface area contributed by atoms with Gasteiger partial charge in [-0.15, -0.1) is 0 Å². The maximum Gasteiger partial charge on any atom is 0.0702 e. The van der Waals surface area contributed by atoms with Crippen molar-refractivity contribution in [3.63, 3.8) is 0 Å². The third kappa shape index (κ3) is 8.72. The van der Waals surface area contributed by atoms with Crippen molar-refractivity contribution in [3.8, 4) is 11.3 Å². The molecule has 2 atom stereocenters. The summed E-state index contributed by atoms with van der Waals surface area (Å²) < 4.78 is 0. The second kappa shape index (κ2) is 14.5. The van der Waals surface area contributed by atoms with Crippen LogP contribution in [0.5, 0.6) is 0 Å². The van der Waals surface area contributed by atoms with Crippen LogP contribution >= 0.6 is 0 Å². The van der Waals surface area contributed by atoms with Crippen LogP contribution in [0.1, 0.15) is 115 Å². The minimum Gasteiger partial charge on any atom is -0.256 e. The first-order valence-corrected chi connectivity index (χ1v) is 13.8. The average Bonchev–Trinajstić information content (AvgIpc) is 2.84. The second-order valence-electron chi connectivity index (χ2n) is 10.3. The summed E-state index contributed by atoms with van der Waals surface area (Å²) in [6, 6.07) is 13.7. The Kier molecular flexibility index (Phi) is 11.3. The zero-order valence-corrected chi connectivity index (χ0v) is 21.0. The molecule has 2 unspecified atom stereocenters. The fourth-order valence-electron chi connectivity index (χ4n) is 5.49. The van der Waals surface area contributed by atoms with Crippen LogP contribution in [0.15, 0.2) is 42.6 Å². The van der Waals surface area contributed by atoms with Crippen molar-refractivity contribution >= 4 is 0 Å². The lowest BCUT2D eigenvalue weighted by atomic mass is 9.77. The number of pyridine rings is 1. The van der Waals surface area contributed by atoms with Crippen molar-refractivity contribution in [1.29, 1.82) is 0 Å². The Morgan fingerprint density at radius 1 is 0.688 bits per heavy atom. The molecule has 1 aliphatic carbocycles. The summed E-state index contributed by atoms with van der Waals surface area (Å²) in [6.45, 7) is 4.60. The Balaban J connectivity index is 1.41. The van der Waals surface area contributed by atoms with Gasteiger partial charge in [0.25, 0.3) is 0 Å². The largest absolute Gasteiger partial charge is 0.256 e. The molecule has 0 aliphatic heterocycles. The third-order valence-corrected chi connectivity index (χ3v) is 7.59. The molecule has 0 bridgehead atoms. The molecule has 1 saturated carbocycles. The number of unbranched alkanes of at least 4 members (excludes halogenated alkanes) is 6. The topological polar surface area (TPSA) is 12.9 Å². The first-order chi connectivity index (χ1) is 15.8. The molecule has 1 fully saturated rings. The van der Waals surface area contributed by atoms with E-state index in [-0.39, 0.29) is 0 Å². The number of aryl methyl sites for hydroxylation is 2. The average molecular weight is 434 g/mol. The minimum atomic E-state index is 0.950. The predicted octanol–water partition coefficient (Wildman–Crippen LogP) is 9.58. The summed E-state index contributed by atoms with van der Waals surface area (Å²) in [6.07, 6.45) is 24.1. The van der Waals surface area contributed by atoms with Crippen LogP contribution in [-0.2, 0) is 12.8 Å². The van der Waals surface area contributed by atoms with Gasteiger partial charge in [-0.05, 0) is 61.1 Å². The Bertz CT molecular complexity index is 730. The summed E-state index contributed by atoms with van der Waals surface area (Å²) in [5.41, 5.74) is 5.22. The minimum absolute atomic E-state index is 0.950. The predicted molar refractivity (Wildman–Crippen MR) is 140 cm³/mol. The summed E-state index contributed by atoms with van der Waals surface area (Å²) in [4.78, 5) is 4.76. The molecule has 0 saturated heterocycles. The van der Waals surface area contributed by atoms with Crippen LogP contribution in [0.25, 0.3) is 11.3 Å². The molecular weight excluding hydrogens is 386 g/mol. The highest BCUT2D eigenvalue weighted by Crippen LogP contribution is 2.34. The van der Waals surface area contributed by atoms with E-state index in [0.717, 1.165) is 17.5 Å². The third-order valence-electron chi connectivity index (χ3n) is 7.59. The van der Waals surface area contributed by atoms with Gasteiger partial charge >= 0.3 is 0 Å². The second-order valence-corrected chi connectivity index (χ2v) is 10.3. The van der Waals surface area contributed by atoms with Crippen LogP contribution in [0.4, 0.5) is 0 Å². The van der Waals surface area contributed by atoms with Gasteiger partial charge in [0.15, 0.2) is 0 Å². The van der Waals surface area contributed by atoms with Gasteiger partial charge in [0, 0.05) is 11.8 Å². The fraction of sp³-hybridized carbons (Fsp3) is 0.645. The monoisotopic (exact) mass is 433 g/mol. The summed E-state index contributed by atoms with van der Waals surface area (Å²) >= 11 is 0. The lowest BCUT2D eigenvalue weighted by Gasteiger charge is -2.29. The zero-order valence-electron chi connectivity index (χ0n) is 21.0. The highest BCUT2D eigenvalue weighted by atomic mass is 14.7. The van der Waals surface area contributed by atoms with Crippen LogP contribution in [0.3, 0.4) is 0 Å². The van der Waals surface area contributed by atoms with Gasteiger partial charge in [0.1, 0.15) is 0 Å². The number of aromatic nitrogens is 1. The fourth-order valence-corrected chi connectivity index (χ4v) is 5.49. The van der Waals surface area contributed by atoms with E-state index in [0.29, 0.717) is 0 Å². The van der Waals surface area contributed by atoms with Crippen molar-refractivity contribution in [2.45, 2.75) is 117 Å². The number of hydrogen-bond donors (Lipinski definition) is 0. The molecular formula is C31H47N. The smallest absolute Gasteiger partial charge is 0.0702 e. The van der Waals surface area contributed by atoms with E-state index in [9.17, 15) is 0 Å². The number of hydrogen-bond acceptors (Lipinski definition) is 1. The van der Waals surface area contributed by atoms with Gasteiger partial charge < -0.3 is 0 Å². The molecule has 0 N–H and O–H groups in total. The van der Waals surface area contributed by atoms with Crippen molar-refractivity contribution in [2.75, 3.05) is 0 Å². The molecule has 176 valence electrons. The Hall–Kier alpha value is -1.63. The van der Waals surface area contributed by atoms with Crippen LogP contribution < -0.4 is 0 Å². The Labute approximate surface area is 198 Å². The van der Waals surface area contributed by atoms with Crippen molar-refractivity contribution < 1.29 is 0 Å². The van der Waals surface area contributed by atoms with E-state index in [2.05, 4.69) is 56.4 Å². The standard InChI is InChI=1S/C31H47N/c1-3-5-7-8-9-10-13-29-20-23-31(32-25-29)30-21-18-26(19-22-30)16-17-28-15-11-14-27(24-28)12-6-4-2/h18-23,25,27-28H,3-17,24H2,1-2H3. The lowest BCUT2D eigenvalue weighted by molar-refractivity contribution is 0.241. The maximum absolute atomic E-state index is 4.76. The lowest BCUT2D eigenvalue weighted by Crippen LogP contribution is -2.16. The molecule has 0 radical (unpaired) electrons. The molecule has 1 aromatic heterocycles. The van der Waals surface area contributed by atoms with Crippen LogP contribution in [0, 0.1) is 11.8 Å². The first kappa shape index (κ1) is 25.0. The highest BCUT2D eigenvalue weighted by molar-refractivity contribution is 5.59. The SMILES string of the molecule is CCCCCCCCc1ccc(-c2ccc(CCC3CCCC(CCCC)C3)cc2)nc1. The van der Waals surface area contributed by atoms with Gasteiger partial charge in [-0.25, -0.2) is 0 Å². The molecule has 32 heavy (non-hydrogen) atoms. The Morgan fingerprint density at radius 2 is 1.38 bits per heavy atom. The van der Waals surface area contributed by atoms with Crippen molar-refractivity contribution in [2.24, 2.45) is 11.8 Å². The molecule has 2 aromatic rings. The molecule has 1 nitrogen and oxygen atoms in total. The molecule has 1 aliphatic rings. The van der Waals surface area contributed by atoms with E-state index < -0.39 is 0 Å². The molecule has 1 aromatic carbocycles. The summed E-state index contributed by atoms with van der Waals surface area (Å²) in [7, 11) is 0. The van der Waals surface area contributed by atoms with Gasteiger partial charge in [0.05, 0.1) is 5.69 Å². The first-order valence-electron chi connectivity index (χ1n) is 13.8. The normalized spacial score (nSPS) is 18.7. The van der Waals surface area contributed by atoms with Crippen LogP contribution in [-0.4, -0.2) is 4.98 Å². The molecule has 1 heteroatoms. The summed E-state index contributed by atoms with van der Waals surface area (Å²) in [5.74, 6) is 1.96. The van der Waals surface area contributed by atoms with E-state index >= 15 is 0 Å². The Morgan fingerprint density at radius 3 is 2.09 bits per heavy atom. The van der Waals surface area contributed by atoms with Crippen molar-refractivity contribution in [1.82, 2.24) is 4.98 Å². The van der Waals surface area contributed by atoms with E-state index in [1.54, 1.807) is 0 Å². The maximum atomic E-state index is 4.76. The molecule has 0 spiro atoms. The van der Waals surface area contributed by atoms with Crippen molar-refractivity contribution in [3.05, 3.63) is 53.7 Å². The quantitative estimate of drug-likeness (QED) is 0.270. The zero-order chi connectivity index (χ0) is 22.4. The van der Waals surface area contributed by atoms with E-state index in [1.807, 2.05) is 0 Å². The van der Waals surface area contributed by atoms with Gasteiger partial charge in [-0.1, -0.05) is 115 Å². The van der Waals surface area contributed by atoms with Gasteiger partial charge in [-0.3, -0.25) is 4.98 Å². The molecule has 3 rings (SSSR count). The van der Waals surface area contributed by atoms with Gasteiger partial charge in [0.2, 0.25) is 0 Å². The molecule has 1 heterocycles. The number of rotatable bonds is 14. The molecule has 0 amide bonds.